The zero-order valence-electron chi connectivity index (χ0n) is 15.7. The van der Waals surface area contributed by atoms with Crippen LogP contribution >= 0.6 is 0 Å². The number of hydrogen-bond donors (Lipinski definition) is 1. The number of carbonyl (C=O) groups is 2. The minimum Gasteiger partial charge on any atom is -0.493 e. The molecule has 1 aliphatic rings. The number of rotatable bonds is 10. The molecule has 0 aromatic heterocycles. The number of carboxylic acid groups (broad SMARTS) is 1. The van der Waals surface area contributed by atoms with Gasteiger partial charge in [0.15, 0.2) is 11.5 Å². The molecule has 144 valence electrons. The van der Waals surface area contributed by atoms with Crippen molar-refractivity contribution in [1.29, 1.82) is 0 Å². The summed E-state index contributed by atoms with van der Waals surface area (Å²) in [5, 5.41) is 9.09. The normalized spacial score (nSPS) is 17.0. The Morgan fingerprint density at radius 2 is 2.04 bits per heavy atom. The van der Waals surface area contributed by atoms with Gasteiger partial charge in [0.05, 0.1) is 13.0 Å². The van der Waals surface area contributed by atoms with E-state index in [1.165, 1.54) is 0 Å². The summed E-state index contributed by atoms with van der Waals surface area (Å²) in [6.45, 7) is 8.16. The first-order chi connectivity index (χ1) is 12.5. The molecular formula is C19H28N2O5. The zero-order valence-corrected chi connectivity index (χ0v) is 15.7. The molecule has 0 bridgehead atoms. The third-order valence-corrected chi connectivity index (χ3v) is 4.72. The lowest BCUT2D eigenvalue weighted by Gasteiger charge is -2.20. The van der Waals surface area contributed by atoms with E-state index in [4.69, 9.17) is 14.6 Å². The van der Waals surface area contributed by atoms with Gasteiger partial charge >= 0.3 is 5.97 Å². The van der Waals surface area contributed by atoms with E-state index in [-0.39, 0.29) is 18.9 Å². The number of likely N-dealkylation sites (tertiary alicyclic amines) is 1. The monoisotopic (exact) mass is 364 g/mol. The molecule has 26 heavy (non-hydrogen) atoms. The van der Waals surface area contributed by atoms with Gasteiger partial charge in [-0.1, -0.05) is 19.9 Å². The highest BCUT2D eigenvalue weighted by molar-refractivity contribution is 5.86. The van der Waals surface area contributed by atoms with Crippen LogP contribution in [0.15, 0.2) is 18.2 Å². The van der Waals surface area contributed by atoms with E-state index in [0.29, 0.717) is 24.7 Å². The average Bonchev–Trinajstić information content (AvgIpc) is 3.00. The van der Waals surface area contributed by atoms with Crippen LogP contribution in [0, 0.1) is 5.92 Å². The van der Waals surface area contributed by atoms with E-state index in [0.717, 1.165) is 25.2 Å². The smallest absolute Gasteiger partial charge is 0.308 e. The molecule has 1 aliphatic heterocycles. The SMILES string of the molecule is CCN(CC)CCOc1cc(CN2CC(C(=O)O)CC2=O)ccc1OC. The molecule has 7 heteroatoms. The van der Waals surface area contributed by atoms with Crippen molar-refractivity contribution in [2.45, 2.75) is 26.8 Å². The van der Waals surface area contributed by atoms with Gasteiger partial charge in [0.2, 0.25) is 5.91 Å². The molecular weight excluding hydrogens is 336 g/mol. The van der Waals surface area contributed by atoms with Crippen molar-refractivity contribution in [1.82, 2.24) is 9.80 Å². The first kappa shape index (κ1) is 20.0. The number of aliphatic carboxylic acids is 1. The van der Waals surface area contributed by atoms with Gasteiger partial charge < -0.3 is 24.4 Å². The fraction of sp³-hybridized carbons (Fsp3) is 0.579. The first-order valence-corrected chi connectivity index (χ1v) is 9.01. The largest absolute Gasteiger partial charge is 0.493 e. The maximum atomic E-state index is 12.0. The quantitative estimate of drug-likeness (QED) is 0.683. The molecule has 1 aromatic rings. The molecule has 0 aliphatic carbocycles. The van der Waals surface area contributed by atoms with Gasteiger partial charge in [-0.05, 0) is 30.8 Å². The highest BCUT2D eigenvalue weighted by Crippen LogP contribution is 2.29. The van der Waals surface area contributed by atoms with Crippen molar-refractivity contribution in [3.63, 3.8) is 0 Å². The molecule has 1 aromatic carbocycles. The summed E-state index contributed by atoms with van der Waals surface area (Å²) in [5.74, 6) is -0.387. The van der Waals surface area contributed by atoms with Crippen LogP contribution in [0.1, 0.15) is 25.8 Å². The molecule has 2 rings (SSSR count). The van der Waals surface area contributed by atoms with E-state index in [1.807, 2.05) is 18.2 Å². The van der Waals surface area contributed by atoms with Gasteiger partial charge in [0.1, 0.15) is 6.61 Å². The molecule has 0 radical (unpaired) electrons. The number of carboxylic acids is 1. The third-order valence-electron chi connectivity index (χ3n) is 4.72. The minimum atomic E-state index is -0.920. The van der Waals surface area contributed by atoms with E-state index < -0.39 is 11.9 Å². The Balaban J connectivity index is 2.02. The molecule has 0 spiro atoms. The molecule has 1 heterocycles. The van der Waals surface area contributed by atoms with E-state index in [9.17, 15) is 9.59 Å². The number of nitrogens with zero attached hydrogens (tertiary/aromatic N) is 2. The van der Waals surface area contributed by atoms with E-state index in [1.54, 1.807) is 12.0 Å². The van der Waals surface area contributed by atoms with Crippen LogP contribution in [0.3, 0.4) is 0 Å². The van der Waals surface area contributed by atoms with Crippen LogP contribution in [-0.2, 0) is 16.1 Å². The Morgan fingerprint density at radius 3 is 2.62 bits per heavy atom. The summed E-state index contributed by atoms with van der Waals surface area (Å²) < 4.78 is 11.2. The van der Waals surface area contributed by atoms with Crippen molar-refractivity contribution >= 4 is 11.9 Å². The second-order valence-electron chi connectivity index (χ2n) is 6.37. The predicted molar refractivity (Wildman–Crippen MR) is 97.4 cm³/mol. The lowest BCUT2D eigenvalue weighted by Crippen LogP contribution is -2.28. The predicted octanol–water partition coefficient (Wildman–Crippen LogP) is 1.85. The zero-order chi connectivity index (χ0) is 19.1. The Kier molecular flexibility index (Phi) is 7.26. The van der Waals surface area contributed by atoms with E-state index >= 15 is 0 Å². The molecule has 1 saturated heterocycles. The number of likely N-dealkylation sites (N-methyl/N-ethyl adjacent to an activating group) is 1. The van der Waals surface area contributed by atoms with Crippen molar-refractivity contribution in [2.24, 2.45) is 5.92 Å². The molecule has 7 nitrogen and oxygen atoms in total. The summed E-state index contributed by atoms with van der Waals surface area (Å²) in [6, 6.07) is 5.55. The van der Waals surface area contributed by atoms with Crippen molar-refractivity contribution in [3.8, 4) is 11.5 Å². The topological polar surface area (TPSA) is 79.3 Å². The molecule has 1 N–H and O–H groups in total. The van der Waals surface area contributed by atoms with Gasteiger partial charge in [-0.2, -0.15) is 0 Å². The first-order valence-electron chi connectivity index (χ1n) is 9.01. The van der Waals surface area contributed by atoms with Gasteiger partial charge in [0, 0.05) is 26.1 Å². The molecule has 1 fully saturated rings. The number of carbonyl (C=O) groups excluding carboxylic acids is 1. The lowest BCUT2D eigenvalue weighted by atomic mass is 10.1. The maximum absolute atomic E-state index is 12.0. The summed E-state index contributed by atoms with van der Waals surface area (Å²) in [5.41, 5.74) is 0.892. The fourth-order valence-electron chi connectivity index (χ4n) is 3.07. The van der Waals surface area contributed by atoms with Crippen LogP contribution in [0.2, 0.25) is 0 Å². The highest BCUT2D eigenvalue weighted by Gasteiger charge is 2.34. The number of methoxy groups -OCH3 is 1. The molecule has 1 amide bonds. The Bertz CT molecular complexity index is 630. The number of amides is 1. The standard InChI is InChI=1S/C19H28N2O5/c1-4-20(5-2)8-9-26-17-10-14(6-7-16(17)25-3)12-21-13-15(19(23)24)11-18(21)22/h6-7,10,15H,4-5,8-9,11-13H2,1-3H3,(H,23,24). The summed E-state index contributed by atoms with van der Waals surface area (Å²) in [6.07, 6.45) is 0.0682. The third kappa shape index (κ3) is 5.11. The van der Waals surface area contributed by atoms with Crippen molar-refractivity contribution in [3.05, 3.63) is 23.8 Å². The molecule has 0 saturated carbocycles. The summed E-state index contributed by atoms with van der Waals surface area (Å²) >= 11 is 0. The second kappa shape index (κ2) is 9.43. The molecule has 1 unspecified atom stereocenters. The Hall–Kier alpha value is -2.28. The number of hydrogen-bond acceptors (Lipinski definition) is 5. The van der Waals surface area contributed by atoms with Crippen LogP contribution in [0.25, 0.3) is 0 Å². The highest BCUT2D eigenvalue weighted by atomic mass is 16.5. The molecule has 1 atom stereocenters. The number of ether oxygens (including phenoxy) is 2. The maximum Gasteiger partial charge on any atom is 0.308 e. The lowest BCUT2D eigenvalue weighted by molar-refractivity contribution is -0.141. The average molecular weight is 364 g/mol. The summed E-state index contributed by atoms with van der Waals surface area (Å²) in [4.78, 5) is 27.0. The summed E-state index contributed by atoms with van der Waals surface area (Å²) in [7, 11) is 1.59. The van der Waals surface area contributed by atoms with Crippen LogP contribution < -0.4 is 9.47 Å². The van der Waals surface area contributed by atoms with Crippen LogP contribution in [0.5, 0.6) is 11.5 Å². The Labute approximate surface area is 154 Å². The van der Waals surface area contributed by atoms with Gasteiger partial charge in [-0.25, -0.2) is 0 Å². The van der Waals surface area contributed by atoms with Crippen molar-refractivity contribution in [2.75, 3.05) is 39.9 Å². The van der Waals surface area contributed by atoms with Gasteiger partial charge in [-0.3, -0.25) is 9.59 Å². The van der Waals surface area contributed by atoms with Gasteiger partial charge in [0.25, 0.3) is 0 Å². The number of benzene rings is 1. The van der Waals surface area contributed by atoms with Crippen LogP contribution in [0.4, 0.5) is 0 Å². The Morgan fingerprint density at radius 1 is 1.31 bits per heavy atom. The minimum absolute atomic E-state index is 0.0682. The van der Waals surface area contributed by atoms with Crippen molar-refractivity contribution < 1.29 is 24.2 Å². The second-order valence-corrected chi connectivity index (χ2v) is 6.37. The van der Waals surface area contributed by atoms with E-state index in [2.05, 4.69) is 18.7 Å². The van der Waals surface area contributed by atoms with Gasteiger partial charge in [-0.15, -0.1) is 0 Å². The van der Waals surface area contributed by atoms with Crippen LogP contribution in [-0.4, -0.2) is 66.7 Å². The fourth-order valence-corrected chi connectivity index (χ4v) is 3.07.